The van der Waals surface area contributed by atoms with Gasteiger partial charge in [-0.05, 0) is 64.0 Å². The summed E-state index contributed by atoms with van der Waals surface area (Å²) in [6, 6.07) is 12.7. The molecule has 0 saturated heterocycles. The molecule has 0 spiro atoms. The number of carbonyl (C=O) groups excluding carboxylic acids is 1. The number of nitrogens with zero attached hydrogens (tertiary/aromatic N) is 1. The van der Waals surface area contributed by atoms with Crippen molar-refractivity contribution < 1.29 is 9.53 Å². The zero-order chi connectivity index (χ0) is 18.1. The number of hydrogen-bond donors (Lipinski definition) is 1. The number of ether oxygens (including phenoxy) is 1. The van der Waals surface area contributed by atoms with Gasteiger partial charge in [-0.2, -0.15) is 5.10 Å². The molecule has 0 aliphatic heterocycles. The van der Waals surface area contributed by atoms with Crippen molar-refractivity contribution in [2.24, 2.45) is 5.10 Å². The van der Waals surface area contributed by atoms with Gasteiger partial charge in [0.2, 0.25) is 5.91 Å². The van der Waals surface area contributed by atoms with E-state index in [1.54, 1.807) is 24.4 Å². The SMILES string of the molecule is C#CCOc1ccc(/C=N\NC(=O)CSc2ccc(Cl)cc2)cc1Br. The molecule has 25 heavy (non-hydrogen) atoms. The first kappa shape index (κ1) is 19.4. The summed E-state index contributed by atoms with van der Waals surface area (Å²) in [5, 5.41) is 4.61. The molecular formula is C18H14BrClN2O2S. The molecule has 0 aromatic heterocycles. The van der Waals surface area contributed by atoms with Gasteiger partial charge in [0.1, 0.15) is 12.4 Å². The highest BCUT2D eigenvalue weighted by atomic mass is 79.9. The molecule has 0 unspecified atom stereocenters. The summed E-state index contributed by atoms with van der Waals surface area (Å²) in [5.41, 5.74) is 3.30. The van der Waals surface area contributed by atoms with Gasteiger partial charge < -0.3 is 4.74 Å². The molecule has 0 atom stereocenters. The summed E-state index contributed by atoms with van der Waals surface area (Å²) in [7, 11) is 0. The van der Waals surface area contributed by atoms with Crippen LogP contribution in [0.1, 0.15) is 5.56 Å². The molecule has 0 heterocycles. The molecule has 0 fully saturated rings. The topological polar surface area (TPSA) is 50.7 Å². The summed E-state index contributed by atoms with van der Waals surface area (Å²) in [4.78, 5) is 12.8. The molecule has 0 radical (unpaired) electrons. The van der Waals surface area contributed by atoms with E-state index in [1.807, 2.05) is 24.3 Å². The lowest BCUT2D eigenvalue weighted by molar-refractivity contribution is -0.118. The van der Waals surface area contributed by atoms with E-state index in [2.05, 4.69) is 32.4 Å². The standard InChI is InChI=1S/C18H14BrClN2O2S/c1-2-9-24-17-8-3-13(10-16(17)19)11-21-22-18(23)12-25-15-6-4-14(20)5-7-15/h1,3-8,10-11H,9,12H2,(H,22,23)/b21-11-. The molecule has 1 N–H and O–H groups in total. The van der Waals surface area contributed by atoms with E-state index in [4.69, 9.17) is 22.8 Å². The Balaban J connectivity index is 1.81. The van der Waals surface area contributed by atoms with Gasteiger partial charge >= 0.3 is 0 Å². The number of nitrogens with one attached hydrogen (secondary N) is 1. The number of thioether (sulfide) groups is 1. The Labute approximate surface area is 164 Å². The van der Waals surface area contributed by atoms with E-state index in [9.17, 15) is 4.79 Å². The second kappa shape index (κ2) is 10.1. The number of rotatable bonds is 7. The maximum absolute atomic E-state index is 11.8. The van der Waals surface area contributed by atoms with Crippen molar-refractivity contribution in [3.05, 3.63) is 57.5 Å². The number of benzene rings is 2. The third kappa shape index (κ3) is 6.83. The summed E-state index contributed by atoms with van der Waals surface area (Å²) < 4.78 is 6.12. The van der Waals surface area contributed by atoms with Gasteiger partial charge in [-0.1, -0.05) is 17.5 Å². The van der Waals surface area contributed by atoms with Gasteiger partial charge in [-0.3, -0.25) is 4.79 Å². The Kier molecular flexibility index (Phi) is 7.86. The monoisotopic (exact) mass is 436 g/mol. The van der Waals surface area contributed by atoms with Gasteiger partial charge in [-0.15, -0.1) is 18.2 Å². The summed E-state index contributed by atoms with van der Waals surface area (Å²) in [6.07, 6.45) is 6.72. The van der Waals surface area contributed by atoms with E-state index < -0.39 is 0 Å². The fraction of sp³-hybridized carbons (Fsp3) is 0.111. The van der Waals surface area contributed by atoms with Crippen LogP contribution in [0.25, 0.3) is 0 Å². The maximum atomic E-state index is 11.8. The van der Waals surface area contributed by atoms with Crippen LogP contribution in [0.15, 0.2) is 56.9 Å². The molecule has 1 amide bonds. The molecule has 0 aliphatic carbocycles. The van der Waals surface area contributed by atoms with Crippen LogP contribution in [0.3, 0.4) is 0 Å². The van der Waals surface area contributed by atoms with Crippen LogP contribution in [-0.2, 0) is 4.79 Å². The molecule has 0 aliphatic rings. The minimum Gasteiger partial charge on any atom is -0.480 e. The van der Waals surface area contributed by atoms with Crippen LogP contribution in [0, 0.1) is 12.3 Å². The van der Waals surface area contributed by atoms with Crippen LogP contribution in [0.4, 0.5) is 0 Å². The molecule has 7 heteroatoms. The first-order valence-corrected chi connectivity index (χ1v) is 9.30. The molecule has 2 aromatic carbocycles. The van der Waals surface area contributed by atoms with Crippen molar-refractivity contribution in [3.63, 3.8) is 0 Å². The number of hydrogen-bond acceptors (Lipinski definition) is 4. The first-order valence-electron chi connectivity index (χ1n) is 7.14. The average Bonchev–Trinajstić information content (AvgIpc) is 2.60. The number of hydrazone groups is 1. The van der Waals surface area contributed by atoms with Crippen LogP contribution in [0.5, 0.6) is 5.75 Å². The highest BCUT2D eigenvalue weighted by molar-refractivity contribution is 9.10. The lowest BCUT2D eigenvalue weighted by atomic mass is 10.2. The Hall–Kier alpha value is -1.94. The van der Waals surface area contributed by atoms with Crippen molar-refractivity contribution in [2.75, 3.05) is 12.4 Å². The van der Waals surface area contributed by atoms with Gasteiger partial charge in [0.25, 0.3) is 0 Å². The number of carbonyl (C=O) groups is 1. The van der Waals surface area contributed by atoms with Gasteiger partial charge in [0, 0.05) is 9.92 Å². The smallest absolute Gasteiger partial charge is 0.250 e. The van der Waals surface area contributed by atoms with E-state index in [0.717, 1.165) is 14.9 Å². The Morgan fingerprint density at radius 3 is 2.80 bits per heavy atom. The van der Waals surface area contributed by atoms with Crippen molar-refractivity contribution in [2.45, 2.75) is 4.90 Å². The summed E-state index contributed by atoms with van der Waals surface area (Å²) in [6.45, 7) is 0.202. The summed E-state index contributed by atoms with van der Waals surface area (Å²) >= 11 is 10.6. The molecular weight excluding hydrogens is 424 g/mol. The van der Waals surface area contributed by atoms with Crippen molar-refractivity contribution in [1.82, 2.24) is 5.43 Å². The molecule has 0 bridgehead atoms. The Bertz CT molecular complexity index is 804. The zero-order valence-corrected chi connectivity index (χ0v) is 16.2. The quantitative estimate of drug-likeness (QED) is 0.303. The van der Waals surface area contributed by atoms with Crippen LogP contribution < -0.4 is 10.2 Å². The molecule has 2 aromatic rings. The third-order valence-corrected chi connectivity index (χ3v) is 4.74. The zero-order valence-electron chi connectivity index (χ0n) is 13.0. The van der Waals surface area contributed by atoms with E-state index in [1.165, 1.54) is 11.8 Å². The van der Waals surface area contributed by atoms with Crippen LogP contribution >= 0.6 is 39.3 Å². The fourth-order valence-electron chi connectivity index (χ4n) is 1.72. The molecule has 2 rings (SSSR count). The van der Waals surface area contributed by atoms with Crippen molar-refractivity contribution in [3.8, 4) is 18.1 Å². The molecule has 4 nitrogen and oxygen atoms in total. The van der Waals surface area contributed by atoms with Crippen LogP contribution in [-0.4, -0.2) is 24.5 Å². The predicted molar refractivity (Wildman–Crippen MR) is 106 cm³/mol. The molecule has 128 valence electrons. The van der Waals surface area contributed by atoms with Crippen LogP contribution in [0.2, 0.25) is 5.02 Å². The predicted octanol–water partition coefficient (Wildman–Crippen LogP) is 4.36. The second-order valence-corrected chi connectivity index (χ2v) is 7.06. The van der Waals surface area contributed by atoms with Gasteiger partial charge in [-0.25, -0.2) is 5.43 Å². The minimum absolute atomic E-state index is 0.191. The van der Waals surface area contributed by atoms with E-state index in [0.29, 0.717) is 10.8 Å². The average molecular weight is 438 g/mol. The van der Waals surface area contributed by atoms with Crippen molar-refractivity contribution in [1.29, 1.82) is 0 Å². The van der Waals surface area contributed by atoms with Crippen molar-refractivity contribution >= 4 is 51.4 Å². The largest absolute Gasteiger partial charge is 0.480 e. The highest BCUT2D eigenvalue weighted by Gasteiger charge is 2.03. The van der Waals surface area contributed by atoms with E-state index >= 15 is 0 Å². The van der Waals surface area contributed by atoms with Gasteiger partial charge in [0.15, 0.2) is 0 Å². The number of halogens is 2. The first-order chi connectivity index (χ1) is 12.1. The normalized spacial score (nSPS) is 10.4. The third-order valence-electron chi connectivity index (χ3n) is 2.85. The minimum atomic E-state index is -0.191. The number of terminal acetylenes is 1. The van der Waals surface area contributed by atoms with Gasteiger partial charge in [0.05, 0.1) is 16.4 Å². The second-order valence-electron chi connectivity index (χ2n) is 4.72. The molecule has 0 saturated carbocycles. The Morgan fingerprint density at radius 1 is 1.36 bits per heavy atom. The maximum Gasteiger partial charge on any atom is 0.250 e. The Morgan fingerprint density at radius 2 is 2.12 bits per heavy atom. The highest BCUT2D eigenvalue weighted by Crippen LogP contribution is 2.25. The summed E-state index contributed by atoms with van der Waals surface area (Å²) in [5.74, 6) is 3.13. The fourth-order valence-corrected chi connectivity index (χ4v) is 3.05. The lowest BCUT2D eigenvalue weighted by Gasteiger charge is -2.05. The number of amides is 1. The van der Waals surface area contributed by atoms with E-state index in [-0.39, 0.29) is 18.3 Å². The lowest BCUT2D eigenvalue weighted by Crippen LogP contribution is -2.19.